The summed E-state index contributed by atoms with van der Waals surface area (Å²) < 4.78 is 10.9. The Morgan fingerprint density at radius 2 is 1.91 bits per heavy atom. The maximum atomic E-state index is 12.7. The van der Waals surface area contributed by atoms with Crippen molar-refractivity contribution in [3.05, 3.63) is 81.2 Å². The topological polar surface area (TPSA) is 76.8 Å². The lowest BCUT2D eigenvalue weighted by Gasteiger charge is -2.16. The number of benzene rings is 2. The molecule has 0 spiro atoms. The number of fused-ring (bicyclic) bond motifs is 1. The van der Waals surface area contributed by atoms with Crippen molar-refractivity contribution in [1.82, 2.24) is 4.90 Å². The van der Waals surface area contributed by atoms with Crippen LogP contribution in [0, 0.1) is 12.8 Å². The molecular formula is C26H27NO5. The molecule has 1 atom stereocenters. The predicted molar refractivity (Wildman–Crippen MR) is 121 cm³/mol. The summed E-state index contributed by atoms with van der Waals surface area (Å²) in [6.45, 7) is 6.97. The summed E-state index contributed by atoms with van der Waals surface area (Å²) in [5, 5.41) is 0.764. The van der Waals surface area contributed by atoms with Gasteiger partial charge in [0.05, 0.1) is 5.92 Å². The molecule has 0 N–H and O–H groups in total. The Labute approximate surface area is 186 Å². The van der Waals surface area contributed by atoms with Gasteiger partial charge in [-0.1, -0.05) is 44.2 Å². The van der Waals surface area contributed by atoms with E-state index in [1.165, 1.54) is 6.07 Å². The summed E-state index contributed by atoms with van der Waals surface area (Å²) in [6.07, 6.45) is 0.139. The summed E-state index contributed by atoms with van der Waals surface area (Å²) in [5.74, 6) is -0.682. The maximum absolute atomic E-state index is 12.7. The highest BCUT2D eigenvalue weighted by molar-refractivity contribution is 5.87. The van der Waals surface area contributed by atoms with Gasteiger partial charge in [0.25, 0.3) is 0 Å². The summed E-state index contributed by atoms with van der Waals surface area (Å²) in [6, 6.07) is 14.9. The lowest BCUT2D eigenvalue weighted by Crippen LogP contribution is -2.26. The Morgan fingerprint density at radius 3 is 2.62 bits per heavy atom. The SMILES string of the molecule is Cc1cc2oc(=O)cc(COC(=O)[C@H]3CC(=O)N(Cc4ccccc4)C3)c2cc1C(C)C. The first-order valence-corrected chi connectivity index (χ1v) is 10.9. The molecule has 2 heterocycles. The molecule has 0 bridgehead atoms. The number of hydrogen-bond donors (Lipinski definition) is 0. The quantitative estimate of drug-likeness (QED) is 0.428. The monoisotopic (exact) mass is 433 g/mol. The lowest BCUT2D eigenvalue weighted by atomic mass is 9.95. The third-order valence-electron chi connectivity index (χ3n) is 5.97. The molecule has 1 fully saturated rings. The largest absolute Gasteiger partial charge is 0.461 e. The van der Waals surface area contributed by atoms with Gasteiger partial charge in [-0.3, -0.25) is 9.59 Å². The first-order chi connectivity index (χ1) is 15.3. The number of amides is 1. The van der Waals surface area contributed by atoms with E-state index < -0.39 is 17.5 Å². The van der Waals surface area contributed by atoms with Crippen molar-refractivity contribution in [2.45, 2.75) is 46.3 Å². The molecule has 1 aliphatic rings. The van der Waals surface area contributed by atoms with E-state index in [1.54, 1.807) is 4.90 Å². The van der Waals surface area contributed by atoms with E-state index in [4.69, 9.17) is 9.15 Å². The van der Waals surface area contributed by atoms with E-state index in [2.05, 4.69) is 13.8 Å². The summed E-state index contributed by atoms with van der Waals surface area (Å²) in [7, 11) is 0. The third-order valence-corrected chi connectivity index (χ3v) is 5.97. The van der Waals surface area contributed by atoms with Crippen LogP contribution in [0.2, 0.25) is 0 Å². The van der Waals surface area contributed by atoms with Crippen LogP contribution in [0.15, 0.2) is 57.7 Å². The fourth-order valence-corrected chi connectivity index (χ4v) is 4.29. The molecule has 0 unspecified atom stereocenters. The highest BCUT2D eigenvalue weighted by Crippen LogP contribution is 2.28. The van der Waals surface area contributed by atoms with Gasteiger partial charge in [-0.2, -0.15) is 0 Å². The molecule has 1 aliphatic heterocycles. The number of hydrogen-bond acceptors (Lipinski definition) is 5. The highest BCUT2D eigenvalue weighted by atomic mass is 16.5. The maximum Gasteiger partial charge on any atom is 0.336 e. The number of esters is 1. The molecule has 1 aromatic heterocycles. The number of aryl methyl sites for hydroxylation is 1. The third kappa shape index (κ3) is 4.59. The van der Waals surface area contributed by atoms with Gasteiger partial charge in [-0.25, -0.2) is 4.79 Å². The molecule has 1 amide bonds. The fraction of sp³-hybridized carbons (Fsp3) is 0.346. The van der Waals surface area contributed by atoms with Crippen LogP contribution in [-0.4, -0.2) is 23.3 Å². The normalized spacial score (nSPS) is 16.2. The molecule has 0 aliphatic carbocycles. The van der Waals surface area contributed by atoms with Crippen molar-refractivity contribution in [2.75, 3.05) is 6.54 Å². The Hall–Kier alpha value is -3.41. The Bertz CT molecular complexity index is 1210. The van der Waals surface area contributed by atoms with Crippen LogP contribution in [0.5, 0.6) is 0 Å². The summed E-state index contributed by atoms with van der Waals surface area (Å²) in [5.41, 5.74) is 3.83. The molecule has 6 nitrogen and oxygen atoms in total. The van der Waals surface area contributed by atoms with Crippen molar-refractivity contribution in [1.29, 1.82) is 0 Å². The average molecular weight is 434 g/mol. The second kappa shape index (κ2) is 8.99. The molecule has 166 valence electrons. The Kier molecular flexibility index (Phi) is 6.12. The van der Waals surface area contributed by atoms with Gasteiger partial charge in [-0.05, 0) is 41.7 Å². The van der Waals surface area contributed by atoms with E-state index in [-0.39, 0.29) is 18.9 Å². The van der Waals surface area contributed by atoms with Crippen LogP contribution in [0.25, 0.3) is 11.0 Å². The minimum atomic E-state index is -0.508. The second-order valence-corrected chi connectivity index (χ2v) is 8.72. The van der Waals surface area contributed by atoms with Crippen LogP contribution in [0.3, 0.4) is 0 Å². The van der Waals surface area contributed by atoms with Crippen molar-refractivity contribution in [3.8, 4) is 0 Å². The van der Waals surface area contributed by atoms with E-state index in [0.29, 0.717) is 30.2 Å². The second-order valence-electron chi connectivity index (χ2n) is 8.72. The standard InChI is InChI=1S/C26H27NO5/c1-16(2)21-12-22-20(11-25(29)32-23(22)9-17(21)3)15-31-26(30)19-10-24(28)27(14-19)13-18-7-5-4-6-8-18/h4-9,11-12,16,19H,10,13-15H2,1-3H3/t19-/m0/s1. The zero-order chi connectivity index (χ0) is 22.8. The minimum absolute atomic E-state index is 0.0368. The fourth-order valence-electron chi connectivity index (χ4n) is 4.29. The van der Waals surface area contributed by atoms with Crippen LogP contribution in [0.1, 0.15) is 48.4 Å². The van der Waals surface area contributed by atoms with Crippen LogP contribution in [-0.2, 0) is 27.5 Å². The first kappa shape index (κ1) is 21.8. The number of nitrogens with zero attached hydrogens (tertiary/aromatic N) is 1. The zero-order valence-corrected chi connectivity index (χ0v) is 18.6. The number of carbonyl (C=O) groups excluding carboxylic acids is 2. The molecule has 2 aromatic carbocycles. The molecule has 0 saturated carbocycles. The minimum Gasteiger partial charge on any atom is -0.461 e. The smallest absolute Gasteiger partial charge is 0.336 e. The van der Waals surface area contributed by atoms with Gasteiger partial charge >= 0.3 is 11.6 Å². The van der Waals surface area contributed by atoms with Crippen LogP contribution < -0.4 is 5.63 Å². The van der Waals surface area contributed by atoms with E-state index >= 15 is 0 Å². The molecule has 0 radical (unpaired) electrons. The highest BCUT2D eigenvalue weighted by Gasteiger charge is 2.35. The van der Waals surface area contributed by atoms with Crippen molar-refractivity contribution in [3.63, 3.8) is 0 Å². The van der Waals surface area contributed by atoms with Crippen molar-refractivity contribution < 1.29 is 18.7 Å². The summed E-state index contributed by atoms with van der Waals surface area (Å²) in [4.78, 5) is 38.8. The van der Waals surface area contributed by atoms with Crippen molar-refractivity contribution in [2.24, 2.45) is 5.92 Å². The average Bonchev–Trinajstić information content (AvgIpc) is 3.12. The Balaban J connectivity index is 1.47. The molecule has 32 heavy (non-hydrogen) atoms. The van der Waals surface area contributed by atoms with Gasteiger partial charge in [0.15, 0.2) is 0 Å². The molecule has 3 aromatic rings. The number of ether oxygens (including phenoxy) is 1. The Morgan fingerprint density at radius 1 is 1.16 bits per heavy atom. The van der Waals surface area contributed by atoms with Gasteiger partial charge in [0, 0.05) is 36.5 Å². The number of rotatable bonds is 6. The number of likely N-dealkylation sites (tertiary alicyclic amines) is 1. The summed E-state index contributed by atoms with van der Waals surface area (Å²) >= 11 is 0. The van der Waals surface area contributed by atoms with Gasteiger partial charge in [0.2, 0.25) is 5.91 Å². The van der Waals surface area contributed by atoms with Crippen LogP contribution in [0.4, 0.5) is 0 Å². The molecule has 4 rings (SSSR count). The molecule has 6 heteroatoms. The van der Waals surface area contributed by atoms with E-state index in [1.807, 2.05) is 49.4 Å². The zero-order valence-electron chi connectivity index (χ0n) is 18.6. The van der Waals surface area contributed by atoms with E-state index in [0.717, 1.165) is 22.1 Å². The van der Waals surface area contributed by atoms with Crippen molar-refractivity contribution >= 4 is 22.8 Å². The van der Waals surface area contributed by atoms with E-state index in [9.17, 15) is 14.4 Å². The molecule has 1 saturated heterocycles. The first-order valence-electron chi connectivity index (χ1n) is 10.9. The number of carbonyl (C=O) groups is 2. The van der Waals surface area contributed by atoms with Gasteiger partial charge < -0.3 is 14.1 Å². The van der Waals surface area contributed by atoms with Gasteiger partial charge in [0.1, 0.15) is 12.2 Å². The van der Waals surface area contributed by atoms with Gasteiger partial charge in [-0.15, -0.1) is 0 Å². The lowest BCUT2D eigenvalue weighted by molar-refractivity contribution is -0.149. The molecular weight excluding hydrogens is 406 g/mol. The van der Waals surface area contributed by atoms with Crippen LogP contribution >= 0.6 is 0 Å². The predicted octanol–water partition coefficient (Wildman–Crippen LogP) is 4.32.